The number of ether oxygens (including phenoxy) is 2. The van der Waals surface area contributed by atoms with E-state index in [2.05, 4.69) is 35.4 Å². The second kappa shape index (κ2) is 8.60. The Morgan fingerprint density at radius 2 is 1.96 bits per heavy atom. The normalized spacial score (nSPS) is 15.5. The summed E-state index contributed by atoms with van der Waals surface area (Å²) in [5, 5.41) is 5.39. The van der Waals surface area contributed by atoms with Gasteiger partial charge in [0.05, 0.1) is 19.9 Å². The fourth-order valence-electron chi connectivity index (χ4n) is 2.78. The molecule has 0 saturated heterocycles. The molecular weight excluding hydrogens is 366 g/mol. The molecule has 1 aliphatic heterocycles. The molecule has 0 spiro atoms. The van der Waals surface area contributed by atoms with Gasteiger partial charge >= 0.3 is 0 Å². The molecular formula is C19H23N3O2S2. The van der Waals surface area contributed by atoms with Crippen LogP contribution in [0.3, 0.4) is 0 Å². The Labute approximate surface area is 162 Å². The molecule has 138 valence electrons. The first-order valence-corrected chi connectivity index (χ1v) is 10.2. The number of nitrogens with one attached hydrogen (secondary N) is 1. The SMILES string of the molecule is COc1ccc(CCN=C2NN=C(c3cc(C)sc3C)CS2)cc1OC. The predicted octanol–water partition coefficient (Wildman–Crippen LogP) is 4.02. The van der Waals surface area contributed by atoms with E-state index in [4.69, 9.17) is 9.47 Å². The highest BCUT2D eigenvalue weighted by Crippen LogP contribution is 2.28. The highest BCUT2D eigenvalue weighted by atomic mass is 32.2. The fourth-order valence-corrected chi connectivity index (χ4v) is 4.51. The predicted molar refractivity (Wildman–Crippen MR) is 111 cm³/mol. The zero-order valence-electron chi connectivity index (χ0n) is 15.5. The molecule has 0 fully saturated rings. The van der Waals surface area contributed by atoms with E-state index in [9.17, 15) is 0 Å². The van der Waals surface area contributed by atoms with Gasteiger partial charge in [-0.1, -0.05) is 17.8 Å². The second-order valence-corrected chi connectivity index (χ2v) is 8.34. The first kappa shape index (κ1) is 18.8. The van der Waals surface area contributed by atoms with Crippen LogP contribution in [0.5, 0.6) is 11.5 Å². The van der Waals surface area contributed by atoms with Gasteiger partial charge < -0.3 is 9.47 Å². The lowest BCUT2D eigenvalue weighted by Gasteiger charge is -2.14. The van der Waals surface area contributed by atoms with E-state index in [-0.39, 0.29) is 0 Å². The number of amidine groups is 1. The lowest BCUT2D eigenvalue weighted by atomic mass is 10.1. The molecule has 2 heterocycles. The van der Waals surface area contributed by atoms with E-state index in [0.29, 0.717) is 6.54 Å². The van der Waals surface area contributed by atoms with Gasteiger partial charge in [0.15, 0.2) is 16.7 Å². The zero-order valence-corrected chi connectivity index (χ0v) is 17.1. The molecule has 0 saturated carbocycles. The van der Waals surface area contributed by atoms with Crippen LogP contribution in [-0.4, -0.2) is 37.4 Å². The maximum absolute atomic E-state index is 5.34. The molecule has 2 aromatic rings. The Kier molecular flexibility index (Phi) is 6.21. The maximum atomic E-state index is 5.34. The van der Waals surface area contributed by atoms with E-state index >= 15 is 0 Å². The van der Waals surface area contributed by atoms with Gasteiger partial charge in [-0.15, -0.1) is 11.3 Å². The molecule has 1 aromatic carbocycles. The fraction of sp³-hybridized carbons (Fsp3) is 0.368. The van der Waals surface area contributed by atoms with E-state index in [1.54, 1.807) is 26.0 Å². The summed E-state index contributed by atoms with van der Waals surface area (Å²) in [4.78, 5) is 7.26. The van der Waals surface area contributed by atoms with E-state index < -0.39 is 0 Å². The number of thiophene rings is 1. The second-order valence-electron chi connectivity index (χ2n) is 5.91. The quantitative estimate of drug-likeness (QED) is 0.811. The molecule has 3 rings (SSSR count). The van der Waals surface area contributed by atoms with E-state index in [1.807, 2.05) is 29.5 Å². The number of hydrogen-bond donors (Lipinski definition) is 1. The number of nitrogens with zero attached hydrogens (tertiary/aromatic N) is 2. The summed E-state index contributed by atoms with van der Waals surface area (Å²) in [6.45, 7) is 4.98. The van der Waals surface area contributed by atoms with Crippen LogP contribution < -0.4 is 14.9 Å². The Morgan fingerprint density at radius 3 is 2.58 bits per heavy atom. The largest absolute Gasteiger partial charge is 0.493 e. The van der Waals surface area contributed by atoms with Crippen LogP contribution in [0, 0.1) is 13.8 Å². The molecule has 0 radical (unpaired) electrons. The minimum absolute atomic E-state index is 0.701. The number of thioether (sulfide) groups is 1. The van der Waals surface area contributed by atoms with Crippen molar-refractivity contribution in [3.63, 3.8) is 0 Å². The van der Waals surface area contributed by atoms with Crippen LogP contribution in [0.25, 0.3) is 0 Å². The molecule has 7 heteroatoms. The van der Waals surface area contributed by atoms with Gasteiger partial charge in [0.2, 0.25) is 0 Å². The van der Waals surface area contributed by atoms with Crippen LogP contribution in [0.4, 0.5) is 0 Å². The van der Waals surface area contributed by atoms with Gasteiger partial charge in [0.1, 0.15) is 0 Å². The monoisotopic (exact) mass is 389 g/mol. The van der Waals surface area contributed by atoms with Crippen molar-refractivity contribution >= 4 is 34.0 Å². The molecule has 1 aromatic heterocycles. The Morgan fingerprint density at radius 1 is 1.15 bits per heavy atom. The molecule has 0 bridgehead atoms. The number of rotatable bonds is 6. The van der Waals surface area contributed by atoms with Crippen molar-refractivity contribution in [1.29, 1.82) is 0 Å². The number of hydrazone groups is 1. The molecule has 1 aliphatic rings. The molecule has 5 nitrogen and oxygen atoms in total. The Hall–Kier alpha value is -1.99. The lowest BCUT2D eigenvalue weighted by molar-refractivity contribution is 0.354. The van der Waals surface area contributed by atoms with Gasteiger partial charge in [-0.05, 0) is 44.0 Å². The number of aliphatic imine (C=N–C) groups is 1. The standard InChI is InChI=1S/C19H23N3O2S2/c1-12-9-15(13(2)26-12)16-11-25-19(22-21-16)20-8-7-14-5-6-17(23-3)18(10-14)24-4/h5-6,9-10H,7-8,11H2,1-4H3,(H,20,22). The summed E-state index contributed by atoms with van der Waals surface area (Å²) in [5.74, 6) is 2.34. The summed E-state index contributed by atoms with van der Waals surface area (Å²) in [5.41, 5.74) is 6.60. The van der Waals surface area contributed by atoms with Gasteiger partial charge in [-0.2, -0.15) is 5.10 Å². The molecule has 0 unspecified atom stereocenters. The summed E-state index contributed by atoms with van der Waals surface area (Å²) in [6.07, 6.45) is 0.839. The highest BCUT2D eigenvalue weighted by Gasteiger charge is 2.16. The third-order valence-electron chi connectivity index (χ3n) is 4.09. The van der Waals surface area contributed by atoms with Crippen LogP contribution in [0.1, 0.15) is 20.9 Å². The van der Waals surface area contributed by atoms with Crippen molar-refractivity contribution in [2.24, 2.45) is 10.1 Å². The van der Waals surface area contributed by atoms with Gasteiger partial charge in [-0.25, -0.2) is 0 Å². The molecule has 1 N–H and O–H groups in total. The van der Waals surface area contributed by atoms with Gasteiger partial charge in [0.25, 0.3) is 0 Å². The first-order chi connectivity index (χ1) is 12.6. The van der Waals surface area contributed by atoms with E-state index in [0.717, 1.165) is 34.6 Å². The number of methoxy groups -OCH3 is 2. The van der Waals surface area contributed by atoms with Crippen molar-refractivity contribution in [1.82, 2.24) is 5.43 Å². The maximum Gasteiger partial charge on any atom is 0.177 e. The Bertz CT molecular complexity index is 843. The van der Waals surface area contributed by atoms with Crippen molar-refractivity contribution in [2.75, 3.05) is 26.5 Å². The first-order valence-electron chi connectivity index (χ1n) is 8.39. The van der Waals surface area contributed by atoms with Crippen LogP contribution in [0.2, 0.25) is 0 Å². The van der Waals surface area contributed by atoms with Crippen molar-refractivity contribution in [2.45, 2.75) is 20.3 Å². The highest BCUT2D eigenvalue weighted by molar-refractivity contribution is 8.14. The van der Waals surface area contributed by atoms with Crippen molar-refractivity contribution in [3.8, 4) is 11.5 Å². The van der Waals surface area contributed by atoms with E-state index in [1.165, 1.54) is 20.9 Å². The van der Waals surface area contributed by atoms with Crippen LogP contribution >= 0.6 is 23.1 Å². The topological polar surface area (TPSA) is 55.2 Å². The van der Waals surface area contributed by atoms with Crippen molar-refractivity contribution < 1.29 is 9.47 Å². The minimum Gasteiger partial charge on any atom is -0.493 e. The Balaban J connectivity index is 1.58. The molecule has 0 aliphatic carbocycles. The molecule has 26 heavy (non-hydrogen) atoms. The smallest absolute Gasteiger partial charge is 0.177 e. The zero-order chi connectivity index (χ0) is 18.5. The van der Waals surface area contributed by atoms with Crippen molar-refractivity contribution in [3.05, 3.63) is 45.1 Å². The summed E-state index contributed by atoms with van der Waals surface area (Å²) in [7, 11) is 3.29. The average Bonchev–Trinajstić information content (AvgIpc) is 3.00. The summed E-state index contributed by atoms with van der Waals surface area (Å²) in [6, 6.07) is 8.18. The van der Waals surface area contributed by atoms with Gasteiger partial charge in [-0.3, -0.25) is 10.4 Å². The molecule has 0 atom stereocenters. The number of aryl methyl sites for hydroxylation is 2. The van der Waals surface area contributed by atoms with Gasteiger partial charge in [0, 0.05) is 27.6 Å². The third kappa shape index (κ3) is 4.40. The summed E-state index contributed by atoms with van der Waals surface area (Å²) >= 11 is 3.51. The third-order valence-corrected chi connectivity index (χ3v) is 5.97. The summed E-state index contributed by atoms with van der Waals surface area (Å²) < 4.78 is 10.6. The lowest BCUT2D eigenvalue weighted by Crippen LogP contribution is -2.25. The average molecular weight is 390 g/mol. The van der Waals surface area contributed by atoms with Crippen LogP contribution in [-0.2, 0) is 6.42 Å². The minimum atomic E-state index is 0.701. The number of benzene rings is 1. The molecule has 0 amide bonds. The van der Waals surface area contributed by atoms with Crippen LogP contribution in [0.15, 0.2) is 34.4 Å². The number of hydrogen-bond acceptors (Lipinski definition) is 6.